The maximum atomic E-state index is 12.9. The molecule has 0 spiro atoms. The van der Waals surface area contributed by atoms with E-state index >= 15 is 0 Å². The molecule has 0 amide bonds. The molecule has 5 nitrogen and oxygen atoms in total. The van der Waals surface area contributed by atoms with Crippen molar-refractivity contribution in [2.75, 3.05) is 0 Å². The quantitative estimate of drug-likeness (QED) is 0.322. The zero-order valence-electron chi connectivity index (χ0n) is 24.8. The third-order valence-electron chi connectivity index (χ3n) is 12.2. The number of carbonyl (C=O) groups excluding carboxylic acids is 2. The van der Waals surface area contributed by atoms with Crippen molar-refractivity contribution in [2.45, 2.75) is 132 Å². The van der Waals surface area contributed by atoms with Crippen LogP contribution in [0.15, 0.2) is 11.1 Å². The molecule has 3 saturated carbocycles. The summed E-state index contributed by atoms with van der Waals surface area (Å²) in [5, 5.41) is 23.0. The molecule has 4 rings (SSSR count). The summed E-state index contributed by atoms with van der Waals surface area (Å²) >= 11 is 0. The molecule has 0 aliphatic heterocycles. The first-order chi connectivity index (χ1) is 17.0. The van der Waals surface area contributed by atoms with Crippen LogP contribution in [0.3, 0.4) is 0 Å². The first-order valence-electron chi connectivity index (χ1n) is 14.8. The number of Topliss-reactive ketones (excluding diaryl/α,β-unsaturated/α-hetero) is 1. The van der Waals surface area contributed by atoms with Crippen LogP contribution >= 0.6 is 0 Å². The summed E-state index contributed by atoms with van der Waals surface area (Å²) in [4.78, 5) is 24.6. The molecular weight excluding hydrogens is 464 g/mol. The van der Waals surface area contributed by atoms with Gasteiger partial charge in [0.25, 0.3) is 0 Å². The standard InChI is InChI=1S/C32H52O5/c1-18(2)27(37-20(4)33)23(34)16-19(3)21-10-14-31(8)22(21)17-24(35)28-30(7)13-12-26(36)29(5,6)25(30)11-15-32(28,31)9/h18-19,23-25,27-28,34-35H,10-17H2,1-9H3. The number of carbonyl (C=O) groups is 2. The van der Waals surface area contributed by atoms with Crippen molar-refractivity contribution in [1.82, 2.24) is 0 Å². The lowest BCUT2D eigenvalue weighted by atomic mass is 9.36. The number of fused-ring (bicyclic) bond motifs is 5. The Labute approximate surface area is 224 Å². The molecule has 2 N–H and O–H groups in total. The molecule has 0 radical (unpaired) electrons. The van der Waals surface area contributed by atoms with Crippen molar-refractivity contribution in [3.8, 4) is 0 Å². The minimum absolute atomic E-state index is 0.0123. The second-order valence-corrected chi connectivity index (χ2v) is 14.8. The maximum absolute atomic E-state index is 12.9. The largest absolute Gasteiger partial charge is 0.460 e. The molecule has 0 bridgehead atoms. The molecule has 4 aliphatic rings. The first-order valence-corrected chi connectivity index (χ1v) is 14.8. The topological polar surface area (TPSA) is 83.8 Å². The average molecular weight is 517 g/mol. The smallest absolute Gasteiger partial charge is 0.303 e. The van der Waals surface area contributed by atoms with Gasteiger partial charge in [-0.05, 0) is 84.9 Å². The molecule has 0 saturated heterocycles. The number of rotatable bonds is 6. The molecule has 5 heteroatoms. The van der Waals surface area contributed by atoms with E-state index in [2.05, 4.69) is 41.5 Å². The normalized spacial score (nSPS) is 41.5. The molecule has 0 aromatic carbocycles. The van der Waals surface area contributed by atoms with Gasteiger partial charge in [0.05, 0.1) is 12.2 Å². The Hall–Kier alpha value is -1.20. The highest BCUT2D eigenvalue weighted by Crippen LogP contribution is 2.74. The fraction of sp³-hybridized carbons (Fsp3) is 0.875. The van der Waals surface area contributed by atoms with Gasteiger partial charge in [0.1, 0.15) is 11.9 Å². The Morgan fingerprint density at radius 1 is 1.05 bits per heavy atom. The SMILES string of the molecule is CC(=O)OC(C(C)C)C(O)CC(C)C1=C2CC(O)C3C4(C)CCC(=O)C(C)(C)C4CCC3(C)C2(C)CC1. The Morgan fingerprint density at radius 3 is 2.30 bits per heavy atom. The lowest BCUT2D eigenvalue weighted by Gasteiger charge is -2.69. The van der Waals surface area contributed by atoms with Gasteiger partial charge in [-0.1, -0.05) is 66.5 Å². The lowest BCUT2D eigenvalue weighted by Crippen LogP contribution is -2.65. The maximum Gasteiger partial charge on any atom is 0.303 e. The number of aliphatic hydroxyl groups excluding tert-OH is 2. The Balaban J connectivity index is 1.65. The van der Waals surface area contributed by atoms with Gasteiger partial charge in [-0.25, -0.2) is 0 Å². The van der Waals surface area contributed by atoms with E-state index in [1.807, 2.05) is 13.8 Å². The van der Waals surface area contributed by atoms with E-state index in [0.29, 0.717) is 31.0 Å². The van der Waals surface area contributed by atoms with Crippen LogP contribution in [0.2, 0.25) is 0 Å². The van der Waals surface area contributed by atoms with E-state index in [9.17, 15) is 19.8 Å². The zero-order chi connectivity index (χ0) is 27.7. The fourth-order valence-corrected chi connectivity index (χ4v) is 10.2. The summed E-state index contributed by atoms with van der Waals surface area (Å²) in [6, 6.07) is 0. The van der Waals surface area contributed by atoms with Crippen molar-refractivity contribution < 1.29 is 24.5 Å². The van der Waals surface area contributed by atoms with E-state index in [1.165, 1.54) is 18.1 Å². The summed E-state index contributed by atoms with van der Waals surface area (Å²) < 4.78 is 5.48. The van der Waals surface area contributed by atoms with Gasteiger partial charge in [0.15, 0.2) is 0 Å². The third-order valence-corrected chi connectivity index (χ3v) is 12.2. The molecule has 0 heterocycles. The van der Waals surface area contributed by atoms with E-state index in [0.717, 1.165) is 32.1 Å². The minimum atomic E-state index is -0.716. The van der Waals surface area contributed by atoms with Crippen molar-refractivity contribution in [3.05, 3.63) is 11.1 Å². The Morgan fingerprint density at radius 2 is 1.70 bits per heavy atom. The van der Waals surface area contributed by atoms with Crippen LogP contribution in [0.25, 0.3) is 0 Å². The predicted molar refractivity (Wildman–Crippen MR) is 146 cm³/mol. The Kier molecular flexibility index (Phi) is 7.37. The van der Waals surface area contributed by atoms with E-state index in [4.69, 9.17) is 4.74 Å². The van der Waals surface area contributed by atoms with Crippen LogP contribution in [0, 0.1) is 45.3 Å². The monoisotopic (exact) mass is 516 g/mol. The van der Waals surface area contributed by atoms with Gasteiger partial charge >= 0.3 is 5.97 Å². The highest BCUT2D eigenvalue weighted by atomic mass is 16.6. The number of hydrogen-bond donors (Lipinski definition) is 2. The number of aliphatic hydroxyl groups is 2. The highest BCUT2D eigenvalue weighted by Gasteiger charge is 2.69. The van der Waals surface area contributed by atoms with Crippen LogP contribution in [0.5, 0.6) is 0 Å². The van der Waals surface area contributed by atoms with Gasteiger partial charge in [-0.2, -0.15) is 0 Å². The molecule has 210 valence electrons. The minimum Gasteiger partial charge on any atom is -0.460 e. The van der Waals surface area contributed by atoms with Gasteiger partial charge in [-0.3, -0.25) is 9.59 Å². The van der Waals surface area contributed by atoms with Crippen molar-refractivity contribution >= 4 is 11.8 Å². The average Bonchev–Trinajstić information content (AvgIpc) is 3.12. The number of allylic oxidation sites excluding steroid dienone is 1. The molecule has 0 aromatic rings. The first kappa shape index (κ1) is 28.8. The fourth-order valence-electron chi connectivity index (χ4n) is 10.2. The lowest BCUT2D eigenvalue weighted by molar-refractivity contribution is -0.208. The molecule has 9 atom stereocenters. The predicted octanol–water partition coefficient (Wildman–Crippen LogP) is 6.25. The summed E-state index contributed by atoms with van der Waals surface area (Å²) in [6.45, 7) is 19.1. The summed E-state index contributed by atoms with van der Waals surface area (Å²) in [5.41, 5.74) is 2.43. The van der Waals surface area contributed by atoms with E-state index in [1.54, 1.807) is 0 Å². The third kappa shape index (κ3) is 4.26. The second kappa shape index (κ2) is 9.47. The number of ketones is 1. The molecular formula is C32H52O5. The molecule has 9 unspecified atom stereocenters. The van der Waals surface area contributed by atoms with Gasteiger partial charge in [-0.15, -0.1) is 0 Å². The van der Waals surface area contributed by atoms with E-state index < -0.39 is 18.3 Å². The van der Waals surface area contributed by atoms with Crippen LogP contribution in [0.1, 0.15) is 114 Å². The van der Waals surface area contributed by atoms with Crippen LogP contribution in [-0.4, -0.2) is 40.3 Å². The van der Waals surface area contributed by atoms with Gasteiger partial charge in [0, 0.05) is 18.8 Å². The van der Waals surface area contributed by atoms with Crippen LogP contribution < -0.4 is 0 Å². The Bertz CT molecular complexity index is 964. The van der Waals surface area contributed by atoms with Crippen molar-refractivity contribution in [3.63, 3.8) is 0 Å². The highest BCUT2D eigenvalue weighted by molar-refractivity contribution is 5.85. The second-order valence-electron chi connectivity index (χ2n) is 14.8. The summed E-state index contributed by atoms with van der Waals surface area (Å²) in [5.74, 6) is 0.721. The molecule has 4 aliphatic carbocycles. The molecule has 3 fully saturated rings. The molecule has 37 heavy (non-hydrogen) atoms. The van der Waals surface area contributed by atoms with E-state index in [-0.39, 0.29) is 45.4 Å². The number of hydrogen-bond acceptors (Lipinski definition) is 5. The number of ether oxygens (including phenoxy) is 1. The van der Waals surface area contributed by atoms with Gasteiger partial charge in [0.2, 0.25) is 0 Å². The number of esters is 1. The summed E-state index contributed by atoms with van der Waals surface area (Å²) in [7, 11) is 0. The van der Waals surface area contributed by atoms with Crippen LogP contribution in [0.4, 0.5) is 0 Å². The van der Waals surface area contributed by atoms with Crippen molar-refractivity contribution in [2.24, 2.45) is 45.3 Å². The van der Waals surface area contributed by atoms with Crippen molar-refractivity contribution in [1.29, 1.82) is 0 Å². The van der Waals surface area contributed by atoms with Gasteiger partial charge < -0.3 is 14.9 Å². The summed E-state index contributed by atoms with van der Waals surface area (Å²) in [6.07, 6.45) is 5.27. The molecule has 0 aromatic heterocycles. The zero-order valence-corrected chi connectivity index (χ0v) is 24.8. The van der Waals surface area contributed by atoms with Crippen LogP contribution in [-0.2, 0) is 14.3 Å².